The number of alkyl halides is 3. The number of furan rings is 1. The summed E-state index contributed by atoms with van der Waals surface area (Å²) in [5.74, 6) is 0.821. The second-order valence-electron chi connectivity index (χ2n) is 6.97. The highest BCUT2D eigenvalue weighted by Gasteiger charge is 2.34. The number of nitrogens with zero attached hydrogens (tertiary/aromatic N) is 2. The highest BCUT2D eigenvalue weighted by molar-refractivity contribution is 14.0. The fourth-order valence-electron chi connectivity index (χ4n) is 3.41. The van der Waals surface area contributed by atoms with Crippen molar-refractivity contribution >= 4 is 40.9 Å². The molecule has 2 aromatic rings. The molecular weight excluding hydrogens is 503 g/mol. The quantitative estimate of drug-likeness (QED) is 0.265. The Balaban J connectivity index is 0.00000300. The van der Waals surface area contributed by atoms with Gasteiger partial charge in [0.1, 0.15) is 23.7 Å². The van der Waals surface area contributed by atoms with Crippen LogP contribution in [0.1, 0.15) is 24.7 Å². The fourth-order valence-corrected chi connectivity index (χ4v) is 3.41. The van der Waals surface area contributed by atoms with Gasteiger partial charge >= 0.3 is 6.18 Å². The maximum absolute atomic E-state index is 13.4. The highest BCUT2D eigenvalue weighted by Crippen LogP contribution is 2.26. The van der Waals surface area contributed by atoms with Gasteiger partial charge in [-0.05, 0) is 38.5 Å². The van der Waals surface area contributed by atoms with Crippen LogP contribution in [0.3, 0.4) is 0 Å². The van der Waals surface area contributed by atoms with Gasteiger partial charge in [0.25, 0.3) is 0 Å². The number of halogens is 5. The number of nitrogens with one attached hydrogen (secondary N) is 2. The van der Waals surface area contributed by atoms with Crippen molar-refractivity contribution in [2.24, 2.45) is 4.99 Å². The van der Waals surface area contributed by atoms with Crippen molar-refractivity contribution in [2.45, 2.75) is 39.0 Å². The van der Waals surface area contributed by atoms with Gasteiger partial charge < -0.3 is 15.1 Å². The molecule has 1 unspecified atom stereocenters. The Bertz CT molecular complexity index is 853. The first-order chi connectivity index (χ1) is 13.2. The van der Waals surface area contributed by atoms with Crippen molar-refractivity contribution in [2.75, 3.05) is 26.2 Å². The zero-order chi connectivity index (χ0) is 20.3. The van der Waals surface area contributed by atoms with Crippen LogP contribution in [0.25, 0.3) is 11.0 Å². The molecule has 1 aliphatic heterocycles. The summed E-state index contributed by atoms with van der Waals surface area (Å²) in [6, 6.07) is 4.25. The molecule has 5 nitrogen and oxygen atoms in total. The first kappa shape index (κ1) is 23.7. The number of rotatable bonds is 5. The molecular formula is C19H25F4IN4O. The van der Waals surface area contributed by atoms with Gasteiger partial charge in [-0.15, -0.1) is 24.0 Å². The summed E-state index contributed by atoms with van der Waals surface area (Å²) < 4.78 is 56.8. The van der Waals surface area contributed by atoms with E-state index in [1.807, 2.05) is 13.8 Å². The molecule has 0 aliphatic carbocycles. The molecule has 1 saturated heterocycles. The van der Waals surface area contributed by atoms with Crippen LogP contribution in [0.5, 0.6) is 0 Å². The normalized spacial score (nSPS) is 18.1. The SMILES string of the molecule is CCNC(=NCc1oc2ccc(F)cc2c1C)NC1CCN(CC(F)(F)F)C1.I. The van der Waals surface area contributed by atoms with Crippen molar-refractivity contribution in [3.63, 3.8) is 0 Å². The predicted octanol–water partition coefficient (Wildman–Crippen LogP) is 4.19. The molecule has 1 fully saturated rings. The van der Waals surface area contributed by atoms with Crippen LogP contribution >= 0.6 is 24.0 Å². The van der Waals surface area contributed by atoms with E-state index in [4.69, 9.17) is 4.42 Å². The Hall–Kier alpha value is -1.56. The number of hydrogen-bond donors (Lipinski definition) is 2. The zero-order valence-corrected chi connectivity index (χ0v) is 18.6. The van der Waals surface area contributed by atoms with Crippen LogP contribution in [0, 0.1) is 12.7 Å². The van der Waals surface area contributed by atoms with E-state index in [9.17, 15) is 17.6 Å². The van der Waals surface area contributed by atoms with E-state index in [2.05, 4.69) is 15.6 Å². The van der Waals surface area contributed by atoms with Crippen LogP contribution in [0.2, 0.25) is 0 Å². The van der Waals surface area contributed by atoms with Gasteiger partial charge in [0.2, 0.25) is 0 Å². The van der Waals surface area contributed by atoms with Crippen LogP contribution in [-0.2, 0) is 6.54 Å². The lowest BCUT2D eigenvalue weighted by Gasteiger charge is -2.19. The molecule has 1 atom stereocenters. The molecule has 2 N–H and O–H groups in total. The lowest BCUT2D eigenvalue weighted by Crippen LogP contribution is -2.45. The molecule has 162 valence electrons. The standard InChI is InChI=1S/C19H24F4N4O.HI/c1-3-24-18(26-14-6-7-27(10-14)11-19(21,22)23)25-9-17-12(2)15-8-13(20)4-5-16(15)28-17;/h4-5,8,14H,3,6-7,9-11H2,1-2H3,(H2,24,25,26);1H. The number of guanidine groups is 1. The summed E-state index contributed by atoms with van der Waals surface area (Å²) in [5, 5.41) is 7.01. The van der Waals surface area contributed by atoms with Crippen molar-refractivity contribution in [1.82, 2.24) is 15.5 Å². The van der Waals surface area contributed by atoms with Gasteiger partial charge in [-0.1, -0.05) is 0 Å². The summed E-state index contributed by atoms with van der Waals surface area (Å²) >= 11 is 0. The topological polar surface area (TPSA) is 52.8 Å². The lowest BCUT2D eigenvalue weighted by molar-refractivity contribution is -0.143. The van der Waals surface area contributed by atoms with Gasteiger partial charge in [-0.3, -0.25) is 4.90 Å². The minimum Gasteiger partial charge on any atom is -0.459 e. The van der Waals surface area contributed by atoms with E-state index in [1.54, 1.807) is 6.07 Å². The number of benzene rings is 1. The van der Waals surface area contributed by atoms with Crippen LogP contribution < -0.4 is 10.6 Å². The van der Waals surface area contributed by atoms with E-state index in [1.165, 1.54) is 17.0 Å². The minimum absolute atomic E-state index is 0. The van der Waals surface area contributed by atoms with E-state index >= 15 is 0 Å². The molecule has 1 aromatic carbocycles. The first-order valence-corrected chi connectivity index (χ1v) is 9.26. The number of fused-ring (bicyclic) bond motifs is 1. The molecule has 0 radical (unpaired) electrons. The van der Waals surface area contributed by atoms with E-state index < -0.39 is 12.7 Å². The average Bonchev–Trinajstić information content (AvgIpc) is 3.16. The monoisotopic (exact) mass is 528 g/mol. The molecule has 0 bridgehead atoms. The number of hydrogen-bond acceptors (Lipinski definition) is 3. The van der Waals surface area contributed by atoms with E-state index in [0.717, 1.165) is 5.56 Å². The summed E-state index contributed by atoms with van der Waals surface area (Å²) in [6.45, 7) is 4.44. The second-order valence-corrected chi connectivity index (χ2v) is 6.97. The molecule has 0 amide bonds. The van der Waals surface area contributed by atoms with Crippen molar-refractivity contribution < 1.29 is 22.0 Å². The van der Waals surface area contributed by atoms with Gasteiger partial charge in [0, 0.05) is 36.6 Å². The summed E-state index contributed by atoms with van der Waals surface area (Å²) in [5.41, 5.74) is 1.42. The Kier molecular flexibility index (Phi) is 8.15. The second kappa shape index (κ2) is 9.96. The van der Waals surface area contributed by atoms with Gasteiger partial charge in [-0.25, -0.2) is 9.38 Å². The predicted molar refractivity (Wildman–Crippen MR) is 115 cm³/mol. The number of likely N-dealkylation sites (tertiary alicyclic amines) is 1. The van der Waals surface area contributed by atoms with Crippen LogP contribution in [-0.4, -0.2) is 49.3 Å². The fraction of sp³-hybridized carbons (Fsp3) is 0.526. The Morgan fingerprint density at radius 1 is 1.34 bits per heavy atom. The highest BCUT2D eigenvalue weighted by atomic mass is 127. The maximum atomic E-state index is 13.4. The third-order valence-corrected chi connectivity index (χ3v) is 4.74. The zero-order valence-electron chi connectivity index (χ0n) is 16.3. The van der Waals surface area contributed by atoms with E-state index in [-0.39, 0.29) is 42.4 Å². The number of aliphatic imine (C=N–C) groups is 1. The molecule has 10 heteroatoms. The molecule has 1 aliphatic rings. The van der Waals surface area contributed by atoms with E-state index in [0.29, 0.717) is 48.7 Å². The molecule has 29 heavy (non-hydrogen) atoms. The van der Waals surface area contributed by atoms with Crippen molar-refractivity contribution in [1.29, 1.82) is 0 Å². The maximum Gasteiger partial charge on any atom is 0.401 e. The number of aryl methyl sites for hydroxylation is 1. The summed E-state index contributed by atoms with van der Waals surface area (Å²) in [7, 11) is 0. The van der Waals surface area contributed by atoms with Gasteiger partial charge in [-0.2, -0.15) is 13.2 Å². The summed E-state index contributed by atoms with van der Waals surface area (Å²) in [4.78, 5) is 5.88. The lowest BCUT2D eigenvalue weighted by atomic mass is 10.1. The molecule has 0 saturated carbocycles. The molecule has 3 rings (SSSR count). The Labute approximate surface area is 183 Å². The van der Waals surface area contributed by atoms with Gasteiger partial charge in [0.05, 0.1) is 6.54 Å². The van der Waals surface area contributed by atoms with Crippen molar-refractivity contribution in [3.05, 3.63) is 35.3 Å². The molecule has 1 aromatic heterocycles. The largest absolute Gasteiger partial charge is 0.459 e. The first-order valence-electron chi connectivity index (χ1n) is 9.26. The third kappa shape index (κ3) is 6.46. The Morgan fingerprint density at radius 2 is 2.10 bits per heavy atom. The van der Waals surface area contributed by atoms with Crippen LogP contribution in [0.4, 0.5) is 17.6 Å². The van der Waals surface area contributed by atoms with Crippen molar-refractivity contribution in [3.8, 4) is 0 Å². The minimum atomic E-state index is -4.19. The van der Waals surface area contributed by atoms with Gasteiger partial charge in [0.15, 0.2) is 5.96 Å². The smallest absolute Gasteiger partial charge is 0.401 e. The Morgan fingerprint density at radius 3 is 2.79 bits per heavy atom. The molecule has 2 heterocycles. The van der Waals surface area contributed by atoms with Crippen LogP contribution in [0.15, 0.2) is 27.6 Å². The average molecular weight is 528 g/mol. The summed E-state index contributed by atoms with van der Waals surface area (Å²) in [6.07, 6.45) is -3.57. The molecule has 0 spiro atoms. The third-order valence-electron chi connectivity index (χ3n) is 4.74.